The van der Waals surface area contributed by atoms with E-state index in [0.29, 0.717) is 17.9 Å². The fourth-order valence-electron chi connectivity index (χ4n) is 3.10. The molecule has 2 rings (SSSR count). The smallest absolute Gasteiger partial charge is 0.0983 e. The molecule has 94 valence electrons. The van der Waals surface area contributed by atoms with Gasteiger partial charge in [-0.1, -0.05) is 25.3 Å². The molecule has 0 heterocycles. The van der Waals surface area contributed by atoms with Gasteiger partial charge in [-0.2, -0.15) is 0 Å². The van der Waals surface area contributed by atoms with E-state index in [2.05, 4.69) is 25.3 Å². The number of hydrogen-bond donors (Lipinski definition) is 0. The van der Waals surface area contributed by atoms with Gasteiger partial charge in [-0.25, -0.2) is 0 Å². The van der Waals surface area contributed by atoms with E-state index in [4.69, 9.17) is 9.47 Å². The van der Waals surface area contributed by atoms with Gasteiger partial charge in [-0.15, -0.1) is 0 Å². The van der Waals surface area contributed by atoms with Crippen LogP contribution in [0.5, 0.6) is 0 Å². The summed E-state index contributed by atoms with van der Waals surface area (Å²) in [6.45, 7) is 8.00. The van der Waals surface area contributed by atoms with Crippen molar-refractivity contribution in [1.29, 1.82) is 0 Å². The highest BCUT2D eigenvalue weighted by Crippen LogP contribution is 2.40. The maximum Gasteiger partial charge on any atom is 0.0983 e. The van der Waals surface area contributed by atoms with Crippen molar-refractivity contribution >= 4 is 0 Å². The Kier molecular flexibility index (Phi) is 4.29. The van der Waals surface area contributed by atoms with Crippen LogP contribution in [0.4, 0.5) is 0 Å². The molecule has 0 bridgehead atoms. The number of hydrogen-bond acceptors (Lipinski definition) is 2. The standard InChI is InChI=1S/C15H22O2/c1-3-16-11-12-5-6-14-10-15(17-4-2)8-7-13(14)9-12/h3-6,12-15H,1-2,7-11H2. The monoisotopic (exact) mass is 234 g/mol. The zero-order chi connectivity index (χ0) is 12.1. The molecule has 0 aromatic carbocycles. The summed E-state index contributed by atoms with van der Waals surface area (Å²) in [6.07, 6.45) is 13.0. The lowest BCUT2D eigenvalue weighted by Gasteiger charge is -2.38. The predicted octanol–water partition coefficient (Wildman–Crippen LogP) is 3.67. The minimum atomic E-state index is 0.374. The summed E-state index contributed by atoms with van der Waals surface area (Å²) in [5.74, 6) is 2.06. The first-order chi connectivity index (χ1) is 8.33. The topological polar surface area (TPSA) is 18.5 Å². The lowest BCUT2D eigenvalue weighted by molar-refractivity contribution is 0.0551. The first kappa shape index (κ1) is 12.3. The van der Waals surface area contributed by atoms with Gasteiger partial charge < -0.3 is 9.47 Å². The molecule has 0 aromatic heterocycles. The van der Waals surface area contributed by atoms with Gasteiger partial charge in [0.2, 0.25) is 0 Å². The zero-order valence-electron chi connectivity index (χ0n) is 10.4. The third-order valence-electron chi connectivity index (χ3n) is 3.95. The molecule has 17 heavy (non-hydrogen) atoms. The molecular formula is C15H22O2. The summed E-state index contributed by atoms with van der Waals surface area (Å²) in [4.78, 5) is 0. The van der Waals surface area contributed by atoms with Gasteiger partial charge in [0.15, 0.2) is 0 Å². The SMILES string of the molecule is C=COCC1C=CC2CC(OC=C)CCC2C1. The van der Waals surface area contributed by atoms with E-state index in [1.165, 1.54) is 19.1 Å². The Morgan fingerprint density at radius 3 is 2.76 bits per heavy atom. The first-order valence-corrected chi connectivity index (χ1v) is 6.50. The molecule has 0 aliphatic heterocycles. The van der Waals surface area contributed by atoms with Gasteiger partial charge in [-0.05, 0) is 37.5 Å². The van der Waals surface area contributed by atoms with Gasteiger partial charge in [0.05, 0.1) is 25.2 Å². The van der Waals surface area contributed by atoms with Crippen molar-refractivity contribution in [2.45, 2.75) is 31.8 Å². The molecule has 2 heteroatoms. The van der Waals surface area contributed by atoms with Gasteiger partial charge in [-0.3, -0.25) is 0 Å². The second-order valence-corrected chi connectivity index (χ2v) is 5.04. The first-order valence-electron chi connectivity index (χ1n) is 6.50. The highest BCUT2D eigenvalue weighted by Gasteiger charge is 2.33. The summed E-state index contributed by atoms with van der Waals surface area (Å²) in [5.41, 5.74) is 0. The summed E-state index contributed by atoms with van der Waals surface area (Å²) >= 11 is 0. The van der Waals surface area contributed by atoms with Crippen molar-refractivity contribution in [1.82, 2.24) is 0 Å². The van der Waals surface area contributed by atoms with Crippen molar-refractivity contribution in [2.24, 2.45) is 17.8 Å². The Morgan fingerprint density at radius 2 is 2.00 bits per heavy atom. The molecule has 4 atom stereocenters. The van der Waals surface area contributed by atoms with Gasteiger partial charge in [0.1, 0.15) is 0 Å². The Balaban J connectivity index is 1.88. The average molecular weight is 234 g/mol. The summed E-state index contributed by atoms with van der Waals surface area (Å²) in [7, 11) is 0. The fourth-order valence-corrected chi connectivity index (χ4v) is 3.10. The van der Waals surface area contributed by atoms with Crippen LogP contribution in [-0.2, 0) is 9.47 Å². The minimum absolute atomic E-state index is 0.374. The molecule has 4 unspecified atom stereocenters. The Morgan fingerprint density at radius 1 is 1.12 bits per heavy atom. The van der Waals surface area contributed by atoms with Gasteiger partial charge in [0.25, 0.3) is 0 Å². The van der Waals surface area contributed by atoms with Crippen LogP contribution < -0.4 is 0 Å². The normalized spacial score (nSPS) is 35.8. The maximum absolute atomic E-state index is 5.52. The van der Waals surface area contributed by atoms with Gasteiger partial charge >= 0.3 is 0 Å². The van der Waals surface area contributed by atoms with Crippen LogP contribution in [0, 0.1) is 17.8 Å². The van der Waals surface area contributed by atoms with Crippen LogP contribution in [0.15, 0.2) is 37.8 Å². The number of allylic oxidation sites excluding steroid dienone is 1. The molecule has 2 aliphatic rings. The zero-order valence-corrected chi connectivity index (χ0v) is 10.4. The Hall–Kier alpha value is -1.18. The van der Waals surface area contributed by atoms with Crippen LogP contribution in [0.1, 0.15) is 25.7 Å². The largest absolute Gasteiger partial charge is 0.501 e. The van der Waals surface area contributed by atoms with E-state index in [0.717, 1.165) is 25.4 Å². The molecule has 0 aromatic rings. The average Bonchev–Trinajstić information content (AvgIpc) is 2.36. The van der Waals surface area contributed by atoms with Crippen molar-refractivity contribution in [3.05, 3.63) is 37.8 Å². The maximum atomic E-state index is 5.52. The Bertz CT molecular complexity index is 295. The molecule has 0 spiro atoms. The lowest BCUT2D eigenvalue weighted by atomic mass is 9.70. The predicted molar refractivity (Wildman–Crippen MR) is 69.3 cm³/mol. The number of ether oxygens (including phenoxy) is 2. The van der Waals surface area contributed by atoms with E-state index >= 15 is 0 Å². The summed E-state index contributed by atoms with van der Waals surface area (Å²) in [5, 5.41) is 0. The van der Waals surface area contributed by atoms with Crippen LogP contribution in [0.2, 0.25) is 0 Å². The number of rotatable bonds is 5. The van der Waals surface area contributed by atoms with Gasteiger partial charge in [0, 0.05) is 5.92 Å². The van der Waals surface area contributed by atoms with E-state index in [-0.39, 0.29) is 0 Å². The lowest BCUT2D eigenvalue weighted by Crippen LogP contribution is -2.31. The van der Waals surface area contributed by atoms with Crippen molar-refractivity contribution in [2.75, 3.05) is 6.61 Å². The van der Waals surface area contributed by atoms with E-state index in [1.54, 1.807) is 6.26 Å². The molecule has 0 N–H and O–H groups in total. The van der Waals surface area contributed by atoms with Crippen LogP contribution in [0.25, 0.3) is 0 Å². The van der Waals surface area contributed by atoms with Crippen LogP contribution in [-0.4, -0.2) is 12.7 Å². The molecule has 1 saturated carbocycles. The molecule has 0 radical (unpaired) electrons. The minimum Gasteiger partial charge on any atom is -0.501 e. The second kappa shape index (κ2) is 5.95. The van der Waals surface area contributed by atoms with Crippen molar-refractivity contribution in [3.63, 3.8) is 0 Å². The second-order valence-electron chi connectivity index (χ2n) is 5.04. The quantitative estimate of drug-likeness (QED) is 0.534. The molecule has 0 saturated heterocycles. The third kappa shape index (κ3) is 3.15. The molecular weight excluding hydrogens is 212 g/mol. The molecule has 1 fully saturated rings. The molecule has 2 nitrogen and oxygen atoms in total. The molecule has 0 amide bonds. The third-order valence-corrected chi connectivity index (χ3v) is 3.95. The van der Waals surface area contributed by atoms with E-state index < -0.39 is 0 Å². The summed E-state index contributed by atoms with van der Waals surface area (Å²) in [6, 6.07) is 0. The van der Waals surface area contributed by atoms with Crippen molar-refractivity contribution < 1.29 is 9.47 Å². The van der Waals surface area contributed by atoms with Crippen molar-refractivity contribution in [3.8, 4) is 0 Å². The Labute approximate surface area is 104 Å². The van der Waals surface area contributed by atoms with E-state index in [9.17, 15) is 0 Å². The highest BCUT2D eigenvalue weighted by atomic mass is 16.5. The fraction of sp³-hybridized carbons (Fsp3) is 0.600. The number of fused-ring (bicyclic) bond motifs is 1. The highest BCUT2D eigenvalue weighted by molar-refractivity contribution is 5.04. The summed E-state index contributed by atoms with van der Waals surface area (Å²) < 4.78 is 10.8. The van der Waals surface area contributed by atoms with E-state index in [1.807, 2.05) is 0 Å². The van der Waals surface area contributed by atoms with Crippen LogP contribution >= 0.6 is 0 Å². The molecule has 2 aliphatic carbocycles. The van der Waals surface area contributed by atoms with Crippen LogP contribution in [0.3, 0.4) is 0 Å².